The van der Waals surface area contributed by atoms with Gasteiger partial charge in [-0.3, -0.25) is 0 Å². The van der Waals surface area contributed by atoms with Crippen molar-refractivity contribution in [3.8, 4) is 0 Å². The van der Waals surface area contributed by atoms with Gasteiger partial charge in [0.15, 0.2) is 6.29 Å². The highest BCUT2D eigenvalue weighted by Gasteiger charge is 2.44. The molecule has 14 heavy (non-hydrogen) atoms. The van der Waals surface area contributed by atoms with Crippen molar-refractivity contribution < 1.29 is 29.5 Å². The molecule has 6 heteroatoms. The molecule has 1 aliphatic rings. The first-order valence-electron chi connectivity index (χ1n) is 4.33. The number of aliphatic hydroxyl groups excluding tert-OH is 3. The van der Waals surface area contributed by atoms with E-state index in [1.165, 1.54) is 14.2 Å². The van der Waals surface area contributed by atoms with E-state index in [-0.39, 0.29) is 6.61 Å². The molecule has 1 aliphatic heterocycles. The lowest BCUT2D eigenvalue weighted by atomic mass is 9.99. The second-order valence-corrected chi connectivity index (χ2v) is 3.14. The van der Waals surface area contributed by atoms with Crippen LogP contribution in [0, 0.1) is 0 Å². The number of ether oxygens (including phenoxy) is 3. The third-order valence-electron chi connectivity index (χ3n) is 2.33. The normalized spacial score (nSPS) is 43.9. The van der Waals surface area contributed by atoms with Crippen LogP contribution in [0.5, 0.6) is 0 Å². The fourth-order valence-corrected chi connectivity index (χ4v) is 1.53. The zero-order chi connectivity index (χ0) is 10.7. The summed E-state index contributed by atoms with van der Waals surface area (Å²) in [4.78, 5) is 0. The van der Waals surface area contributed by atoms with Gasteiger partial charge >= 0.3 is 0 Å². The summed E-state index contributed by atoms with van der Waals surface area (Å²) in [5.74, 6) is 0. The number of methoxy groups -OCH3 is 2. The van der Waals surface area contributed by atoms with Crippen LogP contribution < -0.4 is 0 Å². The lowest BCUT2D eigenvalue weighted by Crippen LogP contribution is -2.59. The summed E-state index contributed by atoms with van der Waals surface area (Å²) < 4.78 is 14.8. The van der Waals surface area contributed by atoms with Crippen LogP contribution >= 0.6 is 0 Å². The first kappa shape index (κ1) is 11.8. The summed E-state index contributed by atoms with van der Waals surface area (Å²) in [5, 5.41) is 28.1. The van der Waals surface area contributed by atoms with Gasteiger partial charge in [0.05, 0.1) is 6.61 Å². The monoisotopic (exact) mass is 208 g/mol. The van der Waals surface area contributed by atoms with E-state index >= 15 is 0 Å². The molecule has 0 aromatic rings. The summed E-state index contributed by atoms with van der Waals surface area (Å²) in [6.07, 6.45) is -4.63. The van der Waals surface area contributed by atoms with Crippen molar-refractivity contribution >= 4 is 0 Å². The maximum absolute atomic E-state index is 9.60. The van der Waals surface area contributed by atoms with Gasteiger partial charge < -0.3 is 29.5 Å². The Morgan fingerprint density at radius 3 is 2.21 bits per heavy atom. The topological polar surface area (TPSA) is 88.4 Å². The van der Waals surface area contributed by atoms with Crippen LogP contribution in [0.25, 0.3) is 0 Å². The van der Waals surface area contributed by atoms with Gasteiger partial charge in [-0.15, -0.1) is 0 Å². The van der Waals surface area contributed by atoms with Crippen molar-refractivity contribution in [2.45, 2.75) is 30.7 Å². The van der Waals surface area contributed by atoms with Crippen LogP contribution in [0.1, 0.15) is 0 Å². The maximum Gasteiger partial charge on any atom is 0.186 e. The fraction of sp³-hybridized carbons (Fsp3) is 1.00. The Morgan fingerprint density at radius 2 is 1.79 bits per heavy atom. The molecule has 1 fully saturated rings. The fourth-order valence-electron chi connectivity index (χ4n) is 1.53. The second-order valence-electron chi connectivity index (χ2n) is 3.14. The maximum atomic E-state index is 9.60. The van der Waals surface area contributed by atoms with Gasteiger partial charge in [-0.2, -0.15) is 0 Å². The van der Waals surface area contributed by atoms with E-state index in [9.17, 15) is 10.2 Å². The number of rotatable bonds is 3. The van der Waals surface area contributed by atoms with E-state index in [1.54, 1.807) is 0 Å². The highest BCUT2D eigenvalue weighted by Crippen LogP contribution is 2.23. The summed E-state index contributed by atoms with van der Waals surface area (Å²) in [6, 6.07) is 0. The van der Waals surface area contributed by atoms with Crippen LogP contribution in [-0.2, 0) is 14.2 Å². The van der Waals surface area contributed by atoms with E-state index < -0.39 is 30.7 Å². The molecule has 0 aliphatic carbocycles. The smallest absolute Gasteiger partial charge is 0.186 e. The third kappa shape index (κ3) is 2.05. The summed E-state index contributed by atoms with van der Waals surface area (Å²) in [5.41, 5.74) is 0. The Hall–Kier alpha value is -0.240. The summed E-state index contributed by atoms with van der Waals surface area (Å²) in [6.45, 7) is -0.354. The second kappa shape index (κ2) is 5.01. The van der Waals surface area contributed by atoms with Crippen molar-refractivity contribution in [1.82, 2.24) is 0 Å². The molecule has 1 saturated heterocycles. The Balaban J connectivity index is 2.72. The largest absolute Gasteiger partial charge is 0.394 e. The average Bonchev–Trinajstić information content (AvgIpc) is 2.19. The molecule has 0 aromatic carbocycles. The van der Waals surface area contributed by atoms with Crippen molar-refractivity contribution in [2.75, 3.05) is 20.8 Å². The minimum atomic E-state index is -1.07. The zero-order valence-electron chi connectivity index (χ0n) is 8.16. The molecular weight excluding hydrogens is 192 g/mol. The first-order chi connectivity index (χ1) is 6.65. The van der Waals surface area contributed by atoms with Crippen LogP contribution in [0.3, 0.4) is 0 Å². The quantitative estimate of drug-likeness (QED) is 0.501. The number of hydrogen-bond acceptors (Lipinski definition) is 6. The molecule has 1 rings (SSSR count). The molecule has 0 unspecified atom stereocenters. The molecule has 6 nitrogen and oxygen atoms in total. The lowest BCUT2D eigenvalue weighted by molar-refractivity contribution is -0.298. The number of hydrogen-bond donors (Lipinski definition) is 3. The SMILES string of the molecule is CO[C@H]1O[C@H](CO)[C@H](O)[C@H](OC)[C@H]1O. The molecule has 0 spiro atoms. The molecular formula is C8H16O6. The molecule has 0 aromatic heterocycles. The van der Waals surface area contributed by atoms with Gasteiger partial charge in [0, 0.05) is 14.2 Å². The van der Waals surface area contributed by atoms with Gasteiger partial charge in [-0.05, 0) is 0 Å². The molecule has 0 bridgehead atoms. The molecule has 0 radical (unpaired) electrons. The van der Waals surface area contributed by atoms with E-state index in [4.69, 9.17) is 19.3 Å². The molecule has 84 valence electrons. The van der Waals surface area contributed by atoms with Gasteiger partial charge in [-0.25, -0.2) is 0 Å². The molecule has 0 amide bonds. The minimum absolute atomic E-state index is 0.354. The van der Waals surface area contributed by atoms with Crippen molar-refractivity contribution in [1.29, 1.82) is 0 Å². The summed E-state index contributed by atoms with van der Waals surface area (Å²) in [7, 11) is 2.73. The minimum Gasteiger partial charge on any atom is -0.394 e. The Labute approximate surface area is 82.0 Å². The van der Waals surface area contributed by atoms with Gasteiger partial charge in [0.2, 0.25) is 0 Å². The Morgan fingerprint density at radius 1 is 1.14 bits per heavy atom. The first-order valence-corrected chi connectivity index (χ1v) is 4.33. The predicted molar refractivity (Wildman–Crippen MR) is 45.6 cm³/mol. The Kier molecular flexibility index (Phi) is 4.24. The van der Waals surface area contributed by atoms with Crippen molar-refractivity contribution in [3.63, 3.8) is 0 Å². The van der Waals surface area contributed by atoms with Crippen LogP contribution in [0.4, 0.5) is 0 Å². The molecule has 5 atom stereocenters. The lowest BCUT2D eigenvalue weighted by Gasteiger charge is -2.40. The highest BCUT2D eigenvalue weighted by molar-refractivity contribution is 4.89. The molecule has 0 saturated carbocycles. The third-order valence-corrected chi connectivity index (χ3v) is 2.33. The van der Waals surface area contributed by atoms with Gasteiger partial charge in [0.25, 0.3) is 0 Å². The predicted octanol–water partition coefficient (Wildman–Crippen LogP) is -1.91. The van der Waals surface area contributed by atoms with E-state index in [0.717, 1.165) is 0 Å². The van der Waals surface area contributed by atoms with Crippen LogP contribution in [0.2, 0.25) is 0 Å². The van der Waals surface area contributed by atoms with E-state index in [1.807, 2.05) is 0 Å². The number of aliphatic hydroxyl groups is 3. The van der Waals surface area contributed by atoms with Gasteiger partial charge in [-0.1, -0.05) is 0 Å². The van der Waals surface area contributed by atoms with Crippen molar-refractivity contribution in [2.24, 2.45) is 0 Å². The van der Waals surface area contributed by atoms with Gasteiger partial charge in [0.1, 0.15) is 24.4 Å². The standard InChI is InChI=1S/C8H16O6/c1-12-7-5(10)4(3-9)14-8(13-2)6(7)11/h4-11H,3H2,1-2H3/t4-,5+,6-,7+,8+/m1/s1. The van der Waals surface area contributed by atoms with Crippen molar-refractivity contribution in [3.05, 3.63) is 0 Å². The van der Waals surface area contributed by atoms with E-state index in [2.05, 4.69) is 0 Å². The summed E-state index contributed by atoms with van der Waals surface area (Å²) >= 11 is 0. The Bertz CT molecular complexity index is 159. The molecule has 3 N–H and O–H groups in total. The molecule has 1 heterocycles. The highest BCUT2D eigenvalue weighted by atomic mass is 16.7. The van der Waals surface area contributed by atoms with E-state index in [0.29, 0.717) is 0 Å². The van der Waals surface area contributed by atoms with Crippen LogP contribution in [-0.4, -0.2) is 66.9 Å². The zero-order valence-corrected chi connectivity index (χ0v) is 8.16. The average molecular weight is 208 g/mol. The van der Waals surface area contributed by atoms with Crippen LogP contribution in [0.15, 0.2) is 0 Å².